The van der Waals surface area contributed by atoms with Crippen molar-refractivity contribution in [2.75, 3.05) is 0 Å². The van der Waals surface area contributed by atoms with Gasteiger partial charge in [-0.25, -0.2) is 9.97 Å². The molecule has 2 aromatic heterocycles. The van der Waals surface area contributed by atoms with Gasteiger partial charge >= 0.3 is 0 Å². The molecule has 0 atom stereocenters. The number of nitrogens with zero attached hydrogens (tertiary/aromatic N) is 2. The summed E-state index contributed by atoms with van der Waals surface area (Å²) in [6.07, 6.45) is 0. The molecule has 5 heteroatoms. The minimum Gasteiger partial charge on any atom is -0.223 e. The first-order chi connectivity index (χ1) is 5.25. The Morgan fingerprint density at radius 3 is 3.00 bits per heavy atom. The van der Waals surface area contributed by atoms with Crippen molar-refractivity contribution in [1.29, 1.82) is 0 Å². The van der Waals surface area contributed by atoms with Gasteiger partial charge in [-0.05, 0) is 12.1 Å². The van der Waals surface area contributed by atoms with Crippen LogP contribution in [0.4, 0.5) is 4.39 Å². The number of halogens is 2. The maximum Gasteiger partial charge on any atom is 0.214 e. The summed E-state index contributed by atoms with van der Waals surface area (Å²) in [7, 11) is 0. The molecule has 0 radical (unpaired) electrons. The van der Waals surface area contributed by atoms with Crippen molar-refractivity contribution in [3.05, 3.63) is 22.5 Å². The van der Waals surface area contributed by atoms with Crippen molar-refractivity contribution in [3.63, 3.8) is 0 Å². The van der Waals surface area contributed by atoms with Gasteiger partial charge in [-0.1, -0.05) is 22.9 Å². The van der Waals surface area contributed by atoms with Crippen LogP contribution in [0.1, 0.15) is 0 Å². The van der Waals surface area contributed by atoms with Crippen molar-refractivity contribution < 1.29 is 4.39 Å². The highest BCUT2D eigenvalue weighted by molar-refractivity contribution is 7.21. The van der Waals surface area contributed by atoms with E-state index < -0.39 is 5.95 Å². The van der Waals surface area contributed by atoms with E-state index in [1.165, 1.54) is 17.4 Å². The molecule has 0 fully saturated rings. The van der Waals surface area contributed by atoms with Crippen LogP contribution < -0.4 is 0 Å². The molecule has 0 aliphatic carbocycles. The summed E-state index contributed by atoms with van der Waals surface area (Å²) < 4.78 is 12.9. The van der Waals surface area contributed by atoms with E-state index in [0.717, 1.165) is 0 Å². The van der Waals surface area contributed by atoms with Crippen LogP contribution in [-0.4, -0.2) is 9.97 Å². The van der Waals surface area contributed by atoms with Crippen LogP contribution in [0.15, 0.2) is 12.1 Å². The summed E-state index contributed by atoms with van der Waals surface area (Å²) in [6, 6.07) is 2.82. The molecule has 11 heavy (non-hydrogen) atoms. The van der Waals surface area contributed by atoms with E-state index in [4.69, 9.17) is 11.6 Å². The molecule has 0 amide bonds. The number of aromatic nitrogens is 2. The molecule has 0 unspecified atom stereocenters. The Balaban J connectivity index is 2.82. The molecule has 0 aliphatic rings. The van der Waals surface area contributed by atoms with Crippen LogP contribution >= 0.6 is 22.9 Å². The van der Waals surface area contributed by atoms with Crippen LogP contribution in [0, 0.1) is 5.95 Å². The maximum atomic E-state index is 12.5. The SMILES string of the molecule is Fc1ccc2nc(Cl)sc2n1. The Kier molecular flexibility index (Phi) is 1.51. The van der Waals surface area contributed by atoms with Gasteiger partial charge in [0.05, 0.1) is 0 Å². The molecule has 0 bridgehead atoms. The molecular formula is C6H2ClFN2S. The van der Waals surface area contributed by atoms with Gasteiger partial charge in [0.25, 0.3) is 0 Å². The molecule has 2 nitrogen and oxygen atoms in total. The Bertz CT molecular complexity index is 400. The smallest absolute Gasteiger partial charge is 0.214 e. The number of rotatable bonds is 0. The van der Waals surface area contributed by atoms with Gasteiger partial charge in [-0.2, -0.15) is 4.39 Å². The summed E-state index contributed by atoms with van der Waals surface area (Å²) in [5.41, 5.74) is 0.640. The average Bonchev–Trinajstić information content (AvgIpc) is 2.27. The molecule has 0 saturated heterocycles. The van der Waals surface area contributed by atoms with Gasteiger partial charge < -0.3 is 0 Å². The first-order valence-electron chi connectivity index (χ1n) is 2.84. The second kappa shape index (κ2) is 2.39. The van der Waals surface area contributed by atoms with Crippen molar-refractivity contribution in [2.24, 2.45) is 0 Å². The Hall–Kier alpha value is -0.740. The molecule has 2 heterocycles. The third-order valence-electron chi connectivity index (χ3n) is 1.20. The zero-order chi connectivity index (χ0) is 7.84. The molecule has 56 valence electrons. The lowest BCUT2D eigenvalue weighted by atomic mass is 10.4. The highest BCUT2D eigenvalue weighted by Crippen LogP contribution is 2.23. The number of thiazole rings is 1. The number of pyridine rings is 1. The van der Waals surface area contributed by atoms with Crippen molar-refractivity contribution in [1.82, 2.24) is 9.97 Å². The molecular weight excluding hydrogens is 187 g/mol. The Morgan fingerprint density at radius 2 is 2.18 bits per heavy atom. The molecule has 0 N–H and O–H groups in total. The van der Waals surface area contributed by atoms with E-state index in [0.29, 0.717) is 14.8 Å². The van der Waals surface area contributed by atoms with E-state index in [1.807, 2.05) is 0 Å². The van der Waals surface area contributed by atoms with Crippen molar-refractivity contribution >= 4 is 33.3 Å². The molecule has 0 aromatic carbocycles. The van der Waals surface area contributed by atoms with Crippen molar-refractivity contribution in [3.8, 4) is 0 Å². The molecule has 2 aromatic rings. The van der Waals surface area contributed by atoms with Crippen LogP contribution in [0.25, 0.3) is 10.3 Å². The fraction of sp³-hybridized carbons (Fsp3) is 0. The topological polar surface area (TPSA) is 25.8 Å². The highest BCUT2D eigenvalue weighted by atomic mass is 35.5. The highest BCUT2D eigenvalue weighted by Gasteiger charge is 2.02. The lowest BCUT2D eigenvalue weighted by molar-refractivity contribution is 0.589. The van der Waals surface area contributed by atoms with Crippen LogP contribution in [0.3, 0.4) is 0 Å². The Morgan fingerprint density at radius 1 is 1.36 bits per heavy atom. The van der Waals surface area contributed by atoms with Gasteiger partial charge in [-0.15, -0.1) is 0 Å². The van der Waals surface area contributed by atoms with Gasteiger partial charge in [0.1, 0.15) is 10.3 Å². The van der Waals surface area contributed by atoms with Crippen LogP contribution in [0.5, 0.6) is 0 Å². The van der Waals surface area contributed by atoms with E-state index in [-0.39, 0.29) is 0 Å². The fourth-order valence-electron chi connectivity index (χ4n) is 0.768. The maximum absolute atomic E-state index is 12.5. The molecule has 0 saturated carbocycles. The van der Waals surface area contributed by atoms with E-state index in [9.17, 15) is 4.39 Å². The van der Waals surface area contributed by atoms with Gasteiger partial charge in [0.15, 0.2) is 4.47 Å². The number of fused-ring (bicyclic) bond motifs is 1. The first kappa shape index (κ1) is 6.94. The van der Waals surface area contributed by atoms with Gasteiger partial charge in [0.2, 0.25) is 5.95 Å². The average molecular weight is 189 g/mol. The van der Waals surface area contributed by atoms with Gasteiger partial charge in [0, 0.05) is 0 Å². The first-order valence-corrected chi connectivity index (χ1v) is 4.04. The third-order valence-corrected chi connectivity index (χ3v) is 2.26. The van der Waals surface area contributed by atoms with Crippen molar-refractivity contribution in [2.45, 2.75) is 0 Å². The summed E-state index contributed by atoms with van der Waals surface area (Å²) in [5.74, 6) is -0.502. The van der Waals surface area contributed by atoms with E-state index in [2.05, 4.69) is 9.97 Å². The molecule has 0 spiro atoms. The van der Waals surface area contributed by atoms with Crippen LogP contribution in [-0.2, 0) is 0 Å². The Labute approximate surface area is 70.7 Å². The fourth-order valence-corrected chi connectivity index (χ4v) is 1.73. The summed E-state index contributed by atoms with van der Waals surface area (Å²) in [6.45, 7) is 0. The number of hydrogen-bond donors (Lipinski definition) is 0. The number of hydrogen-bond acceptors (Lipinski definition) is 3. The van der Waals surface area contributed by atoms with Crippen LogP contribution in [0.2, 0.25) is 4.47 Å². The second-order valence-corrected chi connectivity index (χ2v) is 3.48. The molecule has 0 aliphatic heterocycles. The van der Waals surface area contributed by atoms with E-state index >= 15 is 0 Å². The predicted molar refractivity (Wildman–Crippen MR) is 42.4 cm³/mol. The summed E-state index contributed by atoms with van der Waals surface area (Å²) >= 11 is 6.75. The lowest BCUT2D eigenvalue weighted by Gasteiger charge is -1.84. The second-order valence-electron chi connectivity index (χ2n) is 1.93. The zero-order valence-electron chi connectivity index (χ0n) is 5.21. The quantitative estimate of drug-likeness (QED) is 0.594. The van der Waals surface area contributed by atoms with Gasteiger partial charge in [-0.3, -0.25) is 0 Å². The standard InChI is InChI=1S/C6H2ClFN2S/c7-6-9-3-1-2-4(8)10-5(3)11-6/h1-2H. The molecule has 2 rings (SSSR count). The minimum atomic E-state index is -0.502. The lowest BCUT2D eigenvalue weighted by Crippen LogP contribution is -1.78. The predicted octanol–water partition coefficient (Wildman–Crippen LogP) is 2.48. The summed E-state index contributed by atoms with van der Waals surface area (Å²) in [5, 5.41) is 0. The zero-order valence-corrected chi connectivity index (χ0v) is 6.79. The monoisotopic (exact) mass is 188 g/mol. The normalized spacial score (nSPS) is 10.7. The van der Waals surface area contributed by atoms with E-state index in [1.54, 1.807) is 6.07 Å². The largest absolute Gasteiger partial charge is 0.223 e. The third kappa shape index (κ3) is 1.19. The summed E-state index contributed by atoms with van der Waals surface area (Å²) in [4.78, 5) is 8.05. The minimum absolute atomic E-state index is 0.387.